The molecule has 3 rings (SSSR count). The van der Waals surface area contributed by atoms with Crippen molar-refractivity contribution in [2.75, 3.05) is 32.7 Å². The van der Waals surface area contributed by atoms with E-state index in [1.165, 1.54) is 4.88 Å². The summed E-state index contributed by atoms with van der Waals surface area (Å²) in [6.45, 7) is 6.52. The number of nitrogens with zero attached hydrogens (tertiary/aromatic N) is 4. The summed E-state index contributed by atoms with van der Waals surface area (Å²) in [6, 6.07) is 4.34. The van der Waals surface area contributed by atoms with Gasteiger partial charge in [0.05, 0.1) is 13.1 Å². The van der Waals surface area contributed by atoms with Crippen molar-refractivity contribution in [3.8, 4) is 0 Å². The maximum atomic E-state index is 5.47. The lowest BCUT2D eigenvalue weighted by atomic mass is 10.2. The van der Waals surface area contributed by atoms with Gasteiger partial charge in [-0.25, -0.2) is 0 Å². The zero-order valence-corrected chi connectivity index (χ0v) is 15.3. The van der Waals surface area contributed by atoms with Gasteiger partial charge < -0.3 is 15.2 Å². The molecule has 1 saturated heterocycles. The van der Waals surface area contributed by atoms with Gasteiger partial charge >= 0.3 is 0 Å². The number of halogens is 2. The Morgan fingerprint density at radius 3 is 2.52 bits per heavy atom. The summed E-state index contributed by atoms with van der Waals surface area (Å²) in [4.78, 5) is 10.6. The Bertz CT molecular complexity index is 543. The molecule has 130 valence electrons. The van der Waals surface area contributed by atoms with Crippen LogP contribution < -0.4 is 5.73 Å². The third-order valence-corrected chi connectivity index (χ3v) is 4.71. The number of rotatable bonds is 6. The van der Waals surface area contributed by atoms with Gasteiger partial charge in [-0.3, -0.25) is 4.90 Å². The molecule has 3 heterocycles. The maximum absolute atomic E-state index is 5.47. The van der Waals surface area contributed by atoms with E-state index in [0.717, 1.165) is 51.5 Å². The van der Waals surface area contributed by atoms with Crippen molar-refractivity contribution in [3.63, 3.8) is 0 Å². The number of hydrogen-bond acceptors (Lipinski definition) is 7. The van der Waals surface area contributed by atoms with E-state index in [1.54, 1.807) is 0 Å². The highest BCUT2D eigenvalue weighted by Gasteiger charge is 2.18. The zero-order valence-electron chi connectivity index (χ0n) is 12.9. The number of nitrogens with two attached hydrogens (primary N) is 1. The molecular formula is C14H23Cl2N5OS. The molecular weight excluding hydrogens is 357 g/mol. The van der Waals surface area contributed by atoms with Gasteiger partial charge in [0.25, 0.3) is 0 Å². The lowest BCUT2D eigenvalue weighted by molar-refractivity contribution is 0.125. The van der Waals surface area contributed by atoms with E-state index in [-0.39, 0.29) is 24.8 Å². The van der Waals surface area contributed by atoms with Gasteiger partial charge in [-0.05, 0) is 17.9 Å². The molecule has 1 fully saturated rings. The summed E-state index contributed by atoms with van der Waals surface area (Å²) in [5.41, 5.74) is 5.47. The third-order valence-electron chi connectivity index (χ3n) is 3.77. The van der Waals surface area contributed by atoms with E-state index in [4.69, 9.17) is 10.3 Å². The summed E-state index contributed by atoms with van der Waals surface area (Å²) in [7, 11) is 0. The van der Waals surface area contributed by atoms with Gasteiger partial charge in [0.15, 0.2) is 5.82 Å². The lowest BCUT2D eigenvalue weighted by Gasteiger charge is -2.33. The molecule has 0 saturated carbocycles. The van der Waals surface area contributed by atoms with Crippen LogP contribution in [-0.4, -0.2) is 52.7 Å². The largest absolute Gasteiger partial charge is 0.338 e. The molecule has 0 amide bonds. The second kappa shape index (κ2) is 10.2. The van der Waals surface area contributed by atoms with Crippen LogP contribution in [0.25, 0.3) is 0 Å². The van der Waals surface area contributed by atoms with E-state index >= 15 is 0 Å². The first-order chi connectivity index (χ1) is 10.3. The van der Waals surface area contributed by atoms with Crippen LogP contribution in [0.3, 0.4) is 0 Å². The van der Waals surface area contributed by atoms with Gasteiger partial charge in [-0.1, -0.05) is 11.2 Å². The van der Waals surface area contributed by atoms with Crippen molar-refractivity contribution in [3.05, 3.63) is 34.1 Å². The molecule has 0 atom stereocenters. The number of thiophene rings is 1. The second-order valence-electron chi connectivity index (χ2n) is 5.26. The fourth-order valence-electron chi connectivity index (χ4n) is 2.53. The van der Waals surface area contributed by atoms with Crippen molar-refractivity contribution in [2.24, 2.45) is 5.73 Å². The number of piperazine rings is 1. The Morgan fingerprint density at radius 1 is 1.17 bits per heavy atom. The predicted octanol–water partition coefficient (Wildman–Crippen LogP) is 1.79. The minimum Gasteiger partial charge on any atom is -0.338 e. The monoisotopic (exact) mass is 379 g/mol. The van der Waals surface area contributed by atoms with Crippen LogP contribution in [0.15, 0.2) is 22.0 Å². The summed E-state index contributed by atoms with van der Waals surface area (Å²) >= 11 is 1.84. The molecule has 2 N–H and O–H groups in total. The second-order valence-corrected chi connectivity index (χ2v) is 6.29. The van der Waals surface area contributed by atoms with Crippen LogP contribution >= 0.6 is 36.2 Å². The first-order valence-electron chi connectivity index (χ1n) is 7.32. The Hall–Kier alpha value is -0.700. The van der Waals surface area contributed by atoms with Crippen LogP contribution in [0.2, 0.25) is 0 Å². The normalized spacial score (nSPS) is 15.9. The molecule has 1 aliphatic heterocycles. The Labute approximate surface area is 152 Å². The average molecular weight is 380 g/mol. The zero-order chi connectivity index (χ0) is 14.5. The Morgan fingerprint density at radius 2 is 1.91 bits per heavy atom. The van der Waals surface area contributed by atoms with Crippen molar-refractivity contribution >= 4 is 36.2 Å². The van der Waals surface area contributed by atoms with Gasteiger partial charge in [0.1, 0.15) is 0 Å². The fraction of sp³-hybridized carbons (Fsp3) is 0.571. The standard InChI is InChI=1S/C14H21N5OS.2ClH/c15-10-14-16-13(17-20-14)11-19-7-5-18(6-8-19)4-3-12-2-1-9-21-12;;/h1-2,9H,3-8,10-11,15H2;2*1H. The van der Waals surface area contributed by atoms with E-state index in [2.05, 4.69) is 37.5 Å². The van der Waals surface area contributed by atoms with Gasteiger partial charge in [0.2, 0.25) is 5.89 Å². The summed E-state index contributed by atoms with van der Waals surface area (Å²) in [5, 5.41) is 6.10. The number of hydrogen-bond donors (Lipinski definition) is 1. The molecule has 6 nitrogen and oxygen atoms in total. The summed E-state index contributed by atoms with van der Waals surface area (Å²) in [5.74, 6) is 1.25. The minimum atomic E-state index is 0. The van der Waals surface area contributed by atoms with Crippen molar-refractivity contribution in [2.45, 2.75) is 19.5 Å². The molecule has 23 heavy (non-hydrogen) atoms. The molecule has 0 unspecified atom stereocenters. The van der Waals surface area contributed by atoms with Crippen LogP contribution in [0.5, 0.6) is 0 Å². The highest BCUT2D eigenvalue weighted by Crippen LogP contribution is 2.11. The smallest absolute Gasteiger partial charge is 0.240 e. The third kappa shape index (κ3) is 6.02. The molecule has 0 bridgehead atoms. The average Bonchev–Trinajstić information content (AvgIpc) is 3.18. The van der Waals surface area contributed by atoms with Crippen molar-refractivity contribution in [1.82, 2.24) is 19.9 Å². The molecule has 9 heteroatoms. The first kappa shape index (κ1) is 20.3. The Balaban J connectivity index is 0.00000132. The van der Waals surface area contributed by atoms with E-state index in [9.17, 15) is 0 Å². The lowest BCUT2D eigenvalue weighted by Crippen LogP contribution is -2.46. The van der Waals surface area contributed by atoms with Gasteiger partial charge in [-0.2, -0.15) is 4.98 Å². The molecule has 0 spiro atoms. The SMILES string of the molecule is Cl.Cl.NCc1nc(CN2CCN(CCc3cccs3)CC2)no1. The highest BCUT2D eigenvalue weighted by molar-refractivity contribution is 7.09. The van der Waals surface area contributed by atoms with E-state index in [0.29, 0.717) is 12.4 Å². The van der Waals surface area contributed by atoms with Crippen LogP contribution in [-0.2, 0) is 19.5 Å². The van der Waals surface area contributed by atoms with E-state index < -0.39 is 0 Å². The minimum absolute atomic E-state index is 0. The molecule has 2 aromatic heterocycles. The summed E-state index contributed by atoms with van der Waals surface area (Å²) < 4.78 is 5.03. The Kier molecular flexibility index (Phi) is 9.04. The quantitative estimate of drug-likeness (QED) is 0.824. The topological polar surface area (TPSA) is 71.4 Å². The molecule has 1 aliphatic rings. The summed E-state index contributed by atoms with van der Waals surface area (Å²) in [6.07, 6.45) is 1.16. The van der Waals surface area contributed by atoms with E-state index in [1.807, 2.05) is 11.3 Å². The van der Waals surface area contributed by atoms with Crippen LogP contribution in [0, 0.1) is 0 Å². The van der Waals surface area contributed by atoms with Gasteiger partial charge in [-0.15, -0.1) is 36.2 Å². The molecule has 0 radical (unpaired) electrons. The van der Waals surface area contributed by atoms with Crippen LogP contribution in [0.4, 0.5) is 0 Å². The molecule has 2 aromatic rings. The highest BCUT2D eigenvalue weighted by atomic mass is 35.5. The maximum Gasteiger partial charge on any atom is 0.240 e. The van der Waals surface area contributed by atoms with Crippen molar-refractivity contribution < 1.29 is 4.52 Å². The fourth-order valence-corrected chi connectivity index (χ4v) is 3.23. The molecule has 0 aromatic carbocycles. The van der Waals surface area contributed by atoms with Gasteiger partial charge in [0, 0.05) is 37.6 Å². The predicted molar refractivity (Wildman–Crippen MR) is 96.4 cm³/mol. The van der Waals surface area contributed by atoms with Crippen molar-refractivity contribution in [1.29, 1.82) is 0 Å². The number of aromatic nitrogens is 2. The first-order valence-corrected chi connectivity index (χ1v) is 8.20. The molecule has 0 aliphatic carbocycles. The van der Waals surface area contributed by atoms with Crippen LogP contribution in [0.1, 0.15) is 16.6 Å².